The molecule has 0 radical (unpaired) electrons. The maximum atomic E-state index is 13.0. The minimum atomic E-state index is -0.386. The van der Waals surface area contributed by atoms with Crippen molar-refractivity contribution in [2.24, 2.45) is 15.9 Å². The van der Waals surface area contributed by atoms with E-state index in [-0.39, 0.29) is 24.6 Å². The molecule has 1 aliphatic rings. The van der Waals surface area contributed by atoms with Crippen molar-refractivity contribution in [3.8, 4) is 5.75 Å². The number of carbonyl (C=O) groups excluding carboxylic acids is 1. The summed E-state index contributed by atoms with van der Waals surface area (Å²) in [6.45, 7) is 6.42. The summed E-state index contributed by atoms with van der Waals surface area (Å²) in [5, 5.41) is 10.8. The van der Waals surface area contributed by atoms with E-state index in [9.17, 15) is 9.18 Å². The number of guanidine groups is 1. The van der Waals surface area contributed by atoms with Gasteiger partial charge < -0.3 is 15.4 Å². The highest BCUT2D eigenvalue weighted by atomic mass is 35.5. The lowest BCUT2D eigenvalue weighted by Gasteiger charge is -2.24. The van der Waals surface area contributed by atoms with Gasteiger partial charge in [0.15, 0.2) is 0 Å². The van der Waals surface area contributed by atoms with Crippen molar-refractivity contribution in [2.75, 3.05) is 26.8 Å². The molecule has 0 saturated carbocycles. The molecule has 0 bridgehead atoms. The second-order valence-corrected chi connectivity index (χ2v) is 11.7. The summed E-state index contributed by atoms with van der Waals surface area (Å²) in [6.07, 6.45) is 3.70. The zero-order valence-corrected chi connectivity index (χ0v) is 27.1. The minimum Gasteiger partial charge on any atom is -0.489 e. The molecule has 0 fully saturated rings. The van der Waals surface area contributed by atoms with Crippen LogP contribution >= 0.6 is 23.2 Å². The first kappa shape index (κ1) is 34.0. The first-order valence-electron chi connectivity index (χ1n) is 14.9. The molecular weight excluding hydrogens is 614 g/mol. The molecule has 11 heteroatoms. The molecule has 4 rings (SSSR count). The number of amides is 1. The van der Waals surface area contributed by atoms with Gasteiger partial charge >= 0.3 is 0 Å². The molecule has 0 heterocycles. The number of alkyl halides is 1. The maximum absolute atomic E-state index is 13.0. The number of hydrogen-bond acceptors (Lipinski definition) is 6. The van der Waals surface area contributed by atoms with Crippen LogP contribution in [0, 0.1) is 0 Å². The van der Waals surface area contributed by atoms with E-state index >= 15 is 0 Å². The van der Waals surface area contributed by atoms with Gasteiger partial charge in [-0.1, -0.05) is 54.4 Å². The third-order valence-electron chi connectivity index (χ3n) is 7.64. The van der Waals surface area contributed by atoms with Gasteiger partial charge in [-0.2, -0.15) is 10.6 Å². The third kappa shape index (κ3) is 9.06. The quantitative estimate of drug-likeness (QED) is 0.106. The van der Waals surface area contributed by atoms with Crippen molar-refractivity contribution >= 4 is 52.9 Å². The summed E-state index contributed by atoms with van der Waals surface area (Å²) in [5.74, 6) is 0.252. The predicted octanol–water partition coefficient (Wildman–Crippen LogP) is 6.90. The van der Waals surface area contributed by atoms with Crippen LogP contribution in [-0.4, -0.2) is 56.4 Å². The van der Waals surface area contributed by atoms with Crippen molar-refractivity contribution in [1.82, 2.24) is 15.8 Å². The Labute approximate surface area is 274 Å². The van der Waals surface area contributed by atoms with Crippen molar-refractivity contribution < 1.29 is 13.9 Å². The molecule has 238 valence electrons. The normalized spacial score (nSPS) is 14.0. The average molecular weight is 654 g/mol. The van der Waals surface area contributed by atoms with Crippen LogP contribution in [0.2, 0.25) is 10.0 Å². The van der Waals surface area contributed by atoms with Crippen LogP contribution < -0.4 is 21.3 Å². The van der Waals surface area contributed by atoms with Crippen LogP contribution in [0.1, 0.15) is 65.2 Å². The molecule has 1 amide bonds. The van der Waals surface area contributed by atoms with Crippen LogP contribution in [0.25, 0.3) is 11.1 Å². The second kappa shape index (κ2) is 16.4. The van der Waals surface area contributed by atoms with Crippen molar-refractivity contribution in [3.63, 3.8) is 0 Å². The van der Waals surface area contributed by atoms with E-state index in [0.29, 0.717) is 35.1 Å². The highest BCUT2D eigenvalue weighted by molar-refractivity contribution is 6.36. The average Bonchev–Trinajstić information content (AvgIpc) is 3.22. The Morgan fingerprint density at radius 2 is 1.87 bits per heavy atom. The maximum Gasteiger partial charge on any atom is 0.258 e. The predicted molar refractivity (Wildman–Crippen MR) is 183 cm³/mol. The number of rotatable bonds is 13. The van der Waals surface area contributed by atoms with Gasteiger partial charge in [-0.25, -0.2) is 0 Å². The molecule has 1 atom stereocenters. The molecule has 3 aromatic carbocycles. The number of nitrogens with one attached hydrogen (secondary N) is 2. The smallest absolute Gasteiger partial charge is 0.258 e. The molecule has 4 N–H and O–H groups in total. The topological polar surface area (TPSA) is 104 Å². The molecule has 3 aromatic rings. The summed E-state index contributed by atoms with van der Waals surface area (Å²) < 4.78 is 19.0. The first-order chi connectivity index (χ1) is 21.7. The number of hydrogen-bond donors (Lipinski definition) is 3. The number of fused-ring (bicyclic) bond motifs is 1. The Hall–Kier alpha value is -3.92. The second-order valence-electron chi connectivity index (χ2n) is 10.9. The Bertz CT molecular complexity index is 1560. The lowest BCUT2D eigenvalue weighted by atomic mass is 9.87. The number of aryl methyl sites for hydroxylation is 1. The Kier molecular flexibility index (Phi) is 12.4. The summed E-state index contributed by atoms with van der Waals surface area (Å²) in [7, 11) is 1.99. The van der Waals surface area contributed by atoms with Crippen molar-refractivity contribution in [2.45, 2.75) is 45.1 Å². The molecule has 0 spiro atoms. The van der Waals surface area contributed by atoms with Crippen molar-refractivity contribution in [1.29, 1.82) is 0 Å². The Morgan fingerprint density at radius 1 is 1.11 bits per heavy atom. The number of likely N-dealkylation sites (N-methyl/N-ethyl adjacent to an activating group) is 1. The lowest BCUT2D eigenvalue weighted by molar-refractivity contribution is 0.0976. The Balaban J connectivity index is 1.72. The van der Waals surface area contributed by atoms with E-state index in [1.54, 1.807) is 12.1 Å². The highest BCUT2D eigenvalue weighted by Crippen LogP contribution is 2.42. The number of hydrazone groups is 2. The minimum absolute atomic E-state index is 0.0193. The molecule has 1 aliphatic carbocycles. The van der Waals surface area contributed by atoms with E-state index in [4.69, 9.17) is 33.7 Å². The van der Waals surface area contributed by atoms with Crippen LogP contribution in [0.15, 0.2) is 70.9 Å². The van der Waals surface area contributed by atoms with Gasteiger partial charge in [0, 0.05) is 35.4 Å². The zero-order chi connectivity index (χ0) is 32.3. The third-order valence-corrected chi connectivity index (χ3v) is 8.19. The fourth-order valence-corrected chi connectivity index (χ4v) is 6.00. The van der Waals surface area contributed by atoms with Gasteiger partial charge in [0.1, 0.15) is 11.9 Å². The lowest BCUT2D eigenvalue weighted by Crippen LogP contribution is -2.37. The van der Waals surface area contributed by atoms with E-state index in [1.807, 2.05) is 43.4 Å². The van der Waals surface area contributed by atoms with Gasteiger partial charge in [0.25, 0.3) is 5.91 Å². The van der Waals surface area contributed by atoms with Crippen LogP contribution in [0.3, 0.4) is 0 Å². The van der Waals surface area contributed by atoms with Gasteiger partial charge in [-0.3, -0.25) is 14.5 Å². The largest absolute Gasteiger partial charge is 0.489 e. The van der Waals surface area contributed by atoms with Crippen molar-refractivity contribution in [3.05, 3.63) is 98.5 Å². The summed E-state index contributed by atoms with van der Waals surface area (Å²) in [5.41, 5.74) is 14.6. The van der Waals surface area contributed by atoms with E-state index in [1.165, 1.54) is 0 Å². The van der Waals surface area contributed by atoms with Gasteiger partial charge in [-0.05, 0) is 109 Å². The van der Waals surface area contributed by atoms with E-state index in [2.05, 4.69) is 51.7 Å². The molecule has 0 saturated heterocycles. The zero-order valence-electron chi connectivity index (χ0n) is 25.6. The number of ether oxygens (including phenoxy) is 1. The van der Waals surface area contributed by atoms with Gasteiger partial charge in [0.2, 0.25) is 5.96 Å². The standard InChI is InChI=1S/C34H39Cl2FN6O2/c1-4-26(21-43(3)18-6-17-37)45-27-13-9-22(10-14-27)32-28-15-11-24(33(44)40-34(38)41-42-39-2)19-23(28)7-5-8-30(32)29-16-12-25(35)20-31(29)36/h9-16,19-20,26,42H,2,4-8,17-18,21H2,1,3H3,(H3,38,40,41,44)/t26-/m0/s1. The number of nitrogens with zero attached hydrogens (tertiary/aromatic N) is 3. The number of halogens is 3. The Morgan fingerprint density at radius 3 is 2.56 bits per heavy atom. The number of allylic oxidation sites excluding steroid dienone is 1. The number of nitrogens with two attached hydrogens (primary N) is 1. The van der Waals surface area contributed by atoms with E-state index < -0.39 is 0 Å². The number of carbonyl (C=O) groups is 1. The molecule has 45 heavy (non-hydrogen) atoms. The molecule has 0 aliphatic heterocycles. The molecule has 8 nitrogen and oxygen atoms in total. The summed E-state index contributed by atoms with van der Waals surface area (Å²) in [6, 6.07) is 19.3. The van der Waals surface area contributed by atoms with Crippen LogP contribution in [0.4, 0.5) is 4.39 Å². The van der Waals surface area contributed by atoms with Crippen LogP contribution in [0.5, 0.6) is 5.75 Å². The monoisotopic (exact) mass is 652 g/mol. The summed E-state index contributed by atoms with van der Waals surface area (Å²) >= 11 is 13.0. The fraction of sp³-hybridized carbons (Fsp3) is 0.324. The molecule has 0 unspecified atom stereocenters. The first-order valence-corrected chi connectivity index (χ1v) is 15.7. The fourth-order valence-electron chi connectivity index (χ4n) is 5.48. The molecular formula is C34H39Cl2FN6O2. The summed E-state index contributed by atoms with van der Waals surface area (Å²) in [4.78, 5) is 15.1. The van der Waals surface area contributed by atoms with Gasteiger partial charge in [-0.15, -0.1) is 5.10 Å². The van der Waals surface area contributed by atoms with Crippen LogP contribution in [-0.2, 0) is 6.42 Å². The molecule has 0 aromatic heterocycles. The number of benzene rings is 3. The van der Waals surface area contributed by atoms with E-state index in [0.717, 1.165) is 64.8 Å². The highest BCUT2D eigenvalue weighted by Gasteiger charge is 2.23. The SMILES string of the molecule is C=NN/N=C(\N)NC(=O)c1ccc2c(c1)CCCC(c1ccc(Cl)cc1Cl)=C2c1ccc(O[C@@H](CC)CN(C)CCCF)cc1. The van der Waals surface area contributed by atoms with Gasteiger partial charge in [0.05, 0.1) is 6.67 Å².